The molecule has 0 amide bonds. The van der Waals surface area contributed by atoms with E-state index in [1.807, 2.05) is 6.07 Å². The molecule has 0 aliphatic rings. The van der Waals surface area contributed by atoms with Gasteiger partial charge in [-0.15, -0.1) is 11.3 Å². The second-order valence-electron chi connectivity index (χ2n) is 13.2. The smallest absolute Gasteiger partial charge is 0.164 e. The van der Waals surface area contributed by atoms with Crippen molar-refractivity contribution in [3.8, 4) is 45.3 Å². The van der Waals surface area contributed by atoms with Crippen molar-refractivity contribution in [3.63, 3.8) is 0 Å². The lowest BCUT2D eigenvalue weighted by atomic mass is 9.97. The van der Waals surface area contributed by atoms with Gasteiger partial charge < -0.3 is 4.42 Å². The van der Waals surface area contributed by atoms with E-state index >= 15 is 0 Å². The molecule has 0 spiro atoms. The summed E-state index contributed by atoms with van der Waals surface area (Å²) in [4.78, 5) is 15.6. The molecule has 0 atom stereocenters. The van der Waals surface area contributed by atoms with Gasteiger partial charge in [-0.2, -0.15) is 0 Å². The first-order valence-corrected chi connectivity index (χ1v) is 18.2. The largest absolute Gasteiger partial charge is 0.455 e. The summed E-state index contributed by atoms with van der Waals surface area (Å²) in [5.74, 6) is 1.86. The van der Waals surface area contributed by atoms with Crippen LogP contribution in [0.4, 0.5) is 0 Å². The molecule has 0 aliphatic carbocycles. The Kier molecular flexibility index (Phi) is 6.39. The molecule has 0 bridgehead atoms. The Labute approximate surface area is 302 Å². The van der Waals surface area contributed by atoms with E-state index in [-0.39, 0.29) is 0 Å². The number of hydrogen-bond donors (Lipinski definition) is 0. The maximum Gasteiger partial charge on any atom is 0.164 e. The highest BCUT2D eigenvalue weighted by atomic mass is 32.1. The average Bonchev–Trinajstić information content (AvgIpc) is 3.79. The fourth-order valence-corrected chi connectivity index (χ4v) is 8.73. The van der Waals surface area contributed by atoms with Crippen molar-refractivity contribution in [3.05, 3.63) is 164 Å². The number of nitrogens with zero attached hydrogens (tertiary/aromatic N) is 3. The van der Waals surface area contributed by atoms with E-state index in [1.165, 1.54) is 25.6 Å². The van der Waals surface area contributed by atoms with Gasteiger partial charge in [-0.3, -0.25) is 0 Å². The number of aromatic nitrogens is 3. The van der Waals surface area contributed by atoms with Crippen LogP contribution in [0.1, 0.15) is 0 Å². The van der Waals surface area contributed by atoms with Crippen LogP contribution < -0.4 is 0 Å². The van der Waals surface area contributed by atoms with Crippen LogP contribution >= 0.6 is 11.3 Å². The van der Waals surface area contributed by atoms with Crippen molar-refractivity contribution in [2.75, 3.05) is 0 Å². The standard InChI is InChI=1S/C47H27N3OS/c1-2-12-29(13-3-1)33-18-10-19-37-43-36-17-7-6-15-34(36)39(27-40(43)51-44(33)37)47-49-45(31-22-21-28-11-4-5-14-30(28)25-31)48-46(50-47)32-23-24-42-38(26-32)35-16-8-9-20-41(35)52-42/h1-27H. The first kappa shape index (κ1) is 29.1. The zero-order chi connectivity index (χ0) is 34.2. The third kappa shape index (κ3) is 4.57. The van der Waals surface area contributed by atoms with Crippen LogP contribution in [0.3, 0.4) is 0 Å². The molecule has 11 aromatic rings. The summed E-state index contributed by atoms with van der Waals surface area (Å²) >= 11 is 1.81. The number of rotatable bonds is 4. The van der Waals surface area contributed by atoms with Gasteiger partial charge in [0.2, 0.25) is 0 Å². The van der Waals surface area contributed by atoms with Gasteiger partial charge in [0, 0.05) is 53.2 Å². The summed E-state index contributed by atoms with van der Waals surface area (Å²) in [6, 6.07) is 57.3. The summed E-state index contributed by atoms with van der Waals surface area (Å²) in [5.41, 5.74) is 6.64. The molecule has 0 N–H and O–H groups in total. The molecule has 3 heterocycles. The lowest BCUT2D eigenvalue weighted by Crippen LogP contribution is -2.00. The fourth-order valence-electron chi connectivity index (χ4n) is 7.64. The maximum atomic E-state index is 6.80. The second-order valence-corrected chi connectivity index (χ2v) is 14.3. The minimum atomic E-state index is 0.602. The van der Waals surface area contributed by atoms with E-state index in [0.717, 1.165) is 65.9 Å². The Bertz CT molecular complexity index is 3200. The van der Waals surface area contributed by atoms with Crippen LogP contribution in [0.15, 0.2) is 168 Å². The summed E-state index contributed by atoms with van der Waals surface area (Å²) in [6.07, 6.45) is 0. The van der Waals surface area contributed by atoms with Crippen molar-refractivity contribution in [1.82, 2.24) is 15.0 Å². The van der Waals surface area contributed by atoms with Gasteiger partial charge in [0.15, 0.2) is 17.5 Å². The second kappa shape index (κ2) is 11.4. The molecule has 0 radical (unpaired) electrons. The van der Waals surface area contributed by atoms with E-state index in [2.05, 4.69) is 158 Å². The molecule has 3 aromatic heterocycles. The number of benzene rings is 8. The minimum Gasteiger partial charge on any atom is -0.455 e. The van der Waals surface area contributed by atoms with Crippen LogP contribution in [0.2, 0.25) is 0 Å². The molecule has 0 fully saturated rings. The van der Waals surface area contributed by atoms with Crippen LogP contribution in [0.25, 0.3) is 109 Å². The van der Waals surface area contributed by atoms with Crippen LogP contribution in [-0.2, 0) is 0 Å². The predicted octanol–water partition coefficient (Wildman–Crippen LogP) is 13.1. The van der Waals surface area contributed by atoms with Gasteiger partial charge in [-0.05, 0) is 63.5 Å². The molecule has 242 valence electrons. The van der Waals surface area contributed by atoms with Gasteiger partial charge in [0.25, 0.3) is 0 Å². The summed E-state index contributed by atoms with van der Waals surface area (Å²) in [6.45, 7) is 0. The zero-order valence-corrected chi connectivity index (χ0v) is 28.6. The fraction of sp³-hybridized carbons (Fsp3) is 0. The normalized spacial score (nSPS) is 11.8. The Hall–Kier alpha value is -6.69. The van der Waals surface area contributed by atoms with Gasteiger partial charge in [-0.25, -0.2) is 15.0 Å². The molecule has 4 nitrogen and oxygen atoms in total. The molecule has 11 rings (SSSR count). The van der Waals surface area contributed by atoms with E-state index in [0.29, 0.717) is 17.5 Å². The summed E-state index contributed by atoms with van der Waals surface area (Å²) < 4.78 is 9.30. The SMILES string of the molecule is c1ccc(-c2cccc3c2oc2cc(-c4nc(-c5ccc6ccccc6c5)nc(-c5ccc6sc7ccccc7c6c5)n4)c4ccccc4c23)cc1. The third-order valence-electron chi connectivity index (χ3n) is 10.1. The first-order chi connectivity index (χ1) is 25.7. The highest BCUT2D eigenvalue weighted by molar-refractivity contribution is 7.25. The molecule has 0 unspecified atom stereocenters. The molecule has 0 aliphatic heterocycles. The average molecular weight is 682 g/mol. The molecule has 52 heavy (non-hydrogen) atoms. The number of para-hydroxylation sites is 1. The summed E-state index contributed by atoms with van der Waals surface area (Å²) in [7, 11) is 0. The first-order valence-electron chi connectivity index (χ1n) is 17.3. The van der Waals surface area contributed by atoms with E-state index in [9.17, 15) is 0 Å². The Balaban J connectivity index is 1.18. The highest BCUT2D eigenvalue weighted by Crippen LogP contribution is 2.43. The Morgan fingerprint density at radius 1 is 0.385 bits per heavy atom. The molecule has 0 saturated heterocycles. The van der Waals surface area contributed by atoms with Gasteiger partial charge >= 0.3 is 0 Å². The quantitative estimate of drug-likeness (QED) is 0.185. The molecule has 0 saturated carbocycles. The van der Waals surface area contributed by atoms with Gasteiger partial charge in [0.1, 0.15) is 11.2 Å². The van der Waals surface area contributed by atoms with Gasteiger partial charge in [-0.1, -0.05) is 127 Å². The van der Waals surface area contributed by atoms with Crippen molar-refractivity contribution < 1.29 is 4.42 Å². The molecule has 5 heteroatoms. The Morgan fingerprint density at radius 3 is 1.90 bits per heavy atom. The highest BCUT2D eigenvalue weighted by Gasteiger charge is 2.21. The van der Waals surface area contributed by atoms with Crippen molar-refractivity contribution >= 4 is 75.0 Å². The number of furan rings is 1. The molecule has 8 aromatic carbocycles. The van der Waals surface area contributed by atoms with Crippen LogP contribution in [0, 0.1) is 0 Å². The lowest BCUT2D eigenvalue weighted by Gasteiger charge is -2.11. The molecular weight excluding hydrogens is 655 g/mol. The van der Waals surface area contributed by atoms with Gasteiger partial charge in [0.05, 0.1) is 0 Å². The lowest BCUT2D eigenvalue weighted by molar-refractivity contribution is 0.670. The Morgan fingerprint density at radius 2 is 1.04 bits per heavy atom. The van der Waals surface area contributed by atoms with Crippen LogP contribution in [-0.4, -0.2) is 15.0 Å². The van der Waals surface area contributed by atoms with E-state index in [4.69, 9.17) is 19.4 Å². The predicted molar refractivity (Wildman–Crippen MR) is 217 cm³/mol. The topological polar surface area (TPSA) is 51.8 Å². The van der Waals surface area contributed by atoms with Crippen molar-refractivity contribution in [2.45, 2.75) is 0 Å². The number of thiophene rings is 1. The number of hydrogen-bond acceptors (Lipinski definition) is 5. The maximum absolute atomic E-state index is 6.80. The van der Waals surface area contributed by atoms with E-state index in [1.54, 1.807) is 11.3 Å². The monoisotopic (exact) mass is 681 g/mol. The van der Waals surface area contributed by atoms with Crippen molar-refractivity contribution in [1.29, 1.82) is 0 Å². The molecular formula is C47H27N3OS. The third-order valence-corrected chi connectivity index (χ3v) is 11.3. The zero-order valence-electron chi connectivity index (χ0n) is 27.7. The van der Waals surface area contributed by atoms with E-state index < -0.39 is 0 Å². The van der Waals surface area contributed by atoms with Crippen molar-refractivity contribution in [2.24, 2.45) is 0 Å². The number of fused-ring (bicyclic) bond motifs is 9. The van der Waals surface area contributed by atoms with Crippen LogP contribution in [0.5, 0.6) is 0 Å². The minimum absolute atomic E-state index is 0.602. The summed E-state index contributed by atoms with van der Waals surface area (Å²) in [5, 5.41) is 9.09.